The van der Waals surface area contributed by atoms with Gasteiger partial charge in [0.25, 0.3) is 5.91 Å². The van der Waals surface area contributed by atoms with Gasteiger partial charge in [-0.25, -0.2) is 13.4 Å². The summed E-state index contributed by atoms with van der Waals surface area (Å²) in [6.07, 6.45) is 3.53. The van der Waals surface area contributed by atoms with E-state index in [4.69, 9.17) is 16.6 Å². The van der Waals surface area contributed by atoms with Crippen LogP contribution in [0.25, 0.3) is 10.2 Å². The smallest absolute Gasteiger partial charge is 0.251 e. The Morgan fingerprint density at radius 1 is 1.03 bits per heavy atom. The second-order valence-electron chi connectivity index (χ2n) is 9.80. The Morgan fingerprint density at radius 2 is 1.69 bits per heavy atom. The molecule has 1 N–H and O–H groups in total. The molecule has 1 aliphatic rings. The molecular formula is C28H38ClN5O3S2. The molecule has 1 amide bonds. The monoisotopic (exact) mass is 591 g/mol. The molecular weight excluding hydrogens is 554 g/mol. The van der Waals surface area contributed by atoms with E-state index >= 15 is 0 Å². The van der Waals surface area contributed by atoms with Crippen molar-refractivity contribution < 1.29 is 13.2 Å². The second kappa shape index (κ2) is 13.9. The molecule has 8 nitrogen and oxygen atoms in total. The van der Waals surface area contributed by atoms with E-state index in [-0.39, 0.29) is 10.8 Å². The van der Waals surface area contributed by atoms with Crippen LogP contribution in [0.15, 0.2) is 47.4 Å². The zero-order valence-electron chi connectivity index (χ0n) is 22.7. The fourth-order valence-corrected chi connectivity index (χ4v) is 7.41. The molecule has 1 fully saturated rings. The third kappa shape index (κ3) is 7.49. The van der Waals surface area contributed by atoms with Gasteiger partial charge in [0.05, 0.1) is 14.6 Å². The van der Waals surface area contributed by atoms with Crippen LogP contribution in [0.1, 0.15) is 49.9 Å². The van der Waals surface area contributed by atoms with Gasteiger partial charge >= 0.3 is 0 Å². The number of nitrogens with one attached hydrogen (secondary N) is 1. The Bertz CT molecular complexity index is 1330. The van der Waals surface area contributed by atoms with Crippen LogP contribution in [0.5, 0.6) is 0 Å². The van der Waals surface area contributed by atoms with Crippen molar-refractivity contribution >= 4 is 54.2 Å². The van der Waals surface area contributed by atoms with E-state index in [0.717, 1.165) is 73.8 Å². The quantitative estimate of drug-likeness (QED) is 0.298. The highest BCUT2D eigenvalue weighted by atomic mass is 35.5. The fraction of sp³-hybridized carbons (Fsp3) is 0.500. The number of anilines is 1. The SMILES string of the molecule is CCCCN(CCCC)S(=O)(=O)c1ccc(C(=O)NCCN2CCN(c3nc4c(Cl)cccc4s3)CC2)cc1. The number of aromatic nitrogens is 1. The molecule has 0 unspecified atom stereocenters. The van der Waals surface area contributed by atoms with E-state index < -0.39 is 10.0 Å². The molecule has 0 aliphatic carbocycles. The van der Waals surface area contributed by atoms with Gasteiger partial charge < -0.3 is 10.2 Å². The van der Waals surface area contributed by atoms with Crippen molar-refractivity contribution in [2.24, 2.45) is 0 Å². The molecule has 4 rings (SSSR count). The highest BCUT2D eigenvalue weighted by molar-refractivity contribution is 7.89. The summed E-state index contributed by atoms with van der Waals surface area (Å²) in [6.45, 7) is 9.94. The number of nitrogens with zero attached hydrogens (tertiary/aromatic N) is 4. The van der Waals surface area contributed by atoms with Crippen molar-refractivity contribution in [1.29, 1.82) is 0 Å². The largest absolute Gasteiger partial charge is 0.351 e. The topological polar surface area (TPSA) is 85.8 Å². The molecule has 1 aliphatic heterocycles. The number of fused-ring (bicyclic) bond motifs is 1. The minimum atomic E-state index is -3.57. The lowest BCUT2D eigenvalue weighted by Gasteiger charge is -2.34. The van der Waals surface area contributed by atoms with Crippen LogP contribution < -0.4 is 10.2 Å². The average molecular weight is 592 g/mol. The first kappa shape index (κ1) is 29.7. The van der Waals surface area contributed by atoms with Crippen molar-refractivity contribution in [3.05, 3.63) is 53.1 Å². The summed E-state index contributed by atoms with van der Waals surface area (Å²) < 4.78 is 29.0. The Morgan fingerprint density at radius 3 is 2.31 bits per heavy atom. The summed E-state index contributed by atoms with van der Waals surface area (Å²) in [5.74, 6) is -0.197. The number of unbranched alkanes of at least 4 members (excludes halogenated alkanes) is 2. The number of thiazole rings is 1. The van der Waals surface area contributed by atoms with E-state index in [2.05, 4.69) is 29.0 Å². The summed E-state index contributed by atoms with van der Waals surface area (Å²) >= 11 is 7.95. The second-order valence-corrected chi connectivity index (χ2v) is 13.2. The Hall–Kier alpha value is -2.24. The van der Waals surface area contributed by atoms with Gasteiger partial charge in [-0.3, -0.25) is 9.69 Å². The minimum absolute atomic E-state index is 0.197. The van der Waals surface area contributed by atoms with Gasteiger partial charge in [0.1, 0.15) is 5.52 Å². The van der Waals surface area contributed by atoms with Crippen molar-refractivity contribution in [2.45, 2.75) is 44.4 Å². The molecule has 39 heavy (non-hydrogen) atoms. The predicted octanol–water partition coefficient (Wildman–Crippen LogP) is 5.09. The van der Waals surface area contributed by atoms with Crippen LogP contribution in [0.2, 0.25) is 5.02 Å². The van der Waals surface area contributed by atoms with Crippen LogP contribution in [0.4, 0.5) is 5.13 Å². The number of benzene rings is 2. The molecule has 0 radical (unpaired) electrons. The lowest BCUT2D eigenvalue weighted by Crippen LogP contribution is -2.48. The van der Waals surface area contributed by atoms with Gasteiger partial charge in [-0.15, -0.1) is 0 Å². The van der Waals surface area contributed by atoms with Gasteiger partial charge in [0.15, 0.2) is 5.13 Å². The number of rotatable bonds is 13. The first-order chi connectivity index (χ1) is 18.8. The number of sulfonamides is 1. The van der Waals surface area contributed by atoms with Gasteiger partial charge in [-0.2, -0.15) is 4.31 Å². The number of hydrogen-bond donors (Lipinski definition) is 1. The molecule has 0 spiro atoms. The lowest BCUT2D eigenvalue weighted by molar-refractivity contribution is 0.0947. The molecule has 0 saturated carbocycles. The number of halogens is 1. The summed E-state index contributed by atoms with van der Waals surface area (Å²) in [7, 11) is -3.57. The highest BCUT2D eigenvalue weighted by Crippen LogP contribution is 2.33. The van der Waals surface area contributed by atoms with Crippen LogP contribution in [0, 0.1) is 0 Å². The molecule has 3 aromatic rings. The maximum Gasteiger partial charge on any atom is 0.251 e. The molecule has 0 bridgehead atoms. The number of carbonyl (C=O) groups excluding carboxylic acids is 1. The van der Waals surface area contributed by atoms with E-state index in [1.54, 1.807) is 39.9 Å². The molecule has 2 heterocycles. The maximum atomic E-state index is 13.2. The van der Waals surface area contributed by atoms with Gasteiger partial charge in [-0.05, 0) is 49.2 Å². The molecule has 2 aromatic carbocycles. The van der Waals surface area contributed by atoms with Crippen LogP contribution in [0.3, 0.4) is 0 Å². The predicted molar refractivity (Wildman–Crippen MR) is 161 cm³/mol. The molecule has 0 atom stereocenters. The maximum absolute atomic E-state index is 13.2. The normalized spacial score (nSPS) is 14.8. The van der Waals surface area contributed by atoms with Gasteiger partial charge in [-0.1, -0.05) is 55.7 Å². The van der Waals surface area contributed by atoms with Crippen molar-refractivity contribution in [3.63, 3.8) is 0 Å². The van der Waals surface area contributed by atoms with Crippen molar-refractivity contribution in [1.82, 2.24) is 19.5 Å². The first-order valence-electron chi connectivity index (χ1n) is 13.7. The summed E-state index contributed by atoms with van der Waals surface area (Å²) in [6, 6.07) is 12.2. The number of carbonyl (C=O) groups is 1. The van der Waals surface area contributed by atoms with E-state index in [9.17, 15) is 13.2 Å². The fourth-order valence-electron chi connectivity index (χ4n) is 4.58. The summed E-state index contributed by atoms with van der Waals surface area (Å²) in [4.78, 5) is 22.3. The number of piperazine rings is 1. The molecule has 212 valence electrons. The van der Waals surface area contributed by atoms with Gasteiger partial charge in [0.2, 0.25) is 10.0 Å². The average Bonchev–Trinajstić information content (AvgIpc) is 3.39. The number of amides is 1. The number of hydrogen-bond acceptors (Lipinski definition) is 7. The van der Waals surface area contributed by atoms with E-state index in [0.29, 0.717) is 30.2 Å². The highest BCUT2D eigenvalue weighted by Gasteiger charge is 2.24. The van der Waals surface area contributed by atoms with Crippen LogP contribution in [-0.2, 0) is 10.0 Å². The standard InChI is InChI=1S/C28H38ClN5O3S2/c1-3-5-15-34(16-6-4-2)39(36,37)23-12-10-22(11-13-23)27(35)30-14-17-32-18-20-33(21-19-32)28-31-26-24(29)8-7-9-25(26)38-28/h7-13H,3-6,14-21H2,1-2H3,(H,30,35). The number of para-hydroxylation sites is 1. The van der Waals surface area contributed by atoms with Gasteiger partial charge in [0, 0.05) is 57.9 Å². The Balaban J connectivity index is 1.24. The molecule has 1 aromatic heterocycles. The Labute approximate surface area is 241 Å². The van der Waals surface area contributed by atoms with Crippen LogP contribution in [-0.4, -0.2) is 80.9 Å². The van der Waals surface area contributed by atoms with Crippen molar-refractivity contribution in [2.75, 3.05) is 57.3 Å². The summed E-state index contributed by atoms with van der Waals surface area (Å²) in [5, 5.41) is 4.65. The van der Waals surface area contributed by atoms with E-state index in [1.165, 1.54) is 0 Å². The minimum Gasteiger partial charge on any atom is -0.351 e. The third-order valence-electron chi connectivity index (χ3n) is 6.99. The summed E-state index contributed by atoms with van der Waals surface area (Å²) in [5.41, 5.74) is 1.32. The zero-order chi connectivity index (χ0) is 27.8. The molecule has 1 saturated heterocycles. The lowest BCUT2D eigenvalue weighted by atomic mass is 10.2. The molecule has 11 heteroatoms. The van der Waals surface area contributed by atoms with Crippen LogP contribution >= 0.6 is 22.9 Å². The van der Waals surface area contributed by atoms with Crippen molar-refractivity contribution in [3.8, 4) is 0 Å². The third-order valence-corrected chi connectivity index (χ3v) is 10.3. The van der Waals surface area contributed by atoms with E-state index in [1.807, 2.05) is 18.2 Å². The first-order valence-corrected chi connectivity index (χ1v) is 16.4. The zero-order valence-corrected chi connectivity index (χ0v) is 25.1. The Kier molecular flexibility index (Phi) is 10.6.